The number of anilines is 1. The first kappa shape index (κ1) is 22.4. The van der Waals surface area contributed by atoms with Crippen LogP contribution in [0.5, 0.6) is 0 Å². The lowest BCUT2D eigenvalue weighted by Gasteiger charge is -2.34. The molecule has 3 fully saturated rings. The van der Waals surface area contributed by atoms with E-state index >= 15 is 0 Å². The summed E-state index contributed by atoms with van der Waals surface area (Å²) in [5, 5.41) is 1.18. The number of aromatic nitrogens is 1. The van der Waals surface area contributed by atoms with Gasteiger partial charge < -0.3 is 4.90 Å². The number of nitrogens with zero attached hydrogens (tertiary/aromatic N) is 4. The van der Waals surface area contributed by atoms with Crippen LogP contribution in [0.4, 0.5) is 5.69 Å². The molecular weight excluding hydrogens is 460 g/mol. The molecule has 35 heavy (non-hydrogen) atoms. The summed E-state index contributed by atoms with van der Waals surface area (Å²) in [6.45, 7) is 2.64. The average molecular weight is 489 g/mol. The maximum absolute atomic E-state index is 13.2. The zero-order chi connectivity index (χ0) is 23.9. The van der Waals surface area contributed by atoms with E-state index < -0.39 is 0 Å². The summed E-state index contributed by atoms with van der Waals surface area (Å²) in [5.74, 6) is 0.365. The lowest BCUT2D eigenvalue weighted by Crippen LogP contribution is -2.45. The van der Waals surface area contributed by atoms with Crippen LogP contribution >= 0.6 is 11.3 Å². The molecule has 3 amide bonds. The average Bonchev–Trinajstić information content (AvgIpc) is 3.58. The SMILES string of the molecule is O=C1C[C@H](N2CCC(c3nc4ccccc4s3)CC2)C(=O)N1Cc1ccc(N2CCCC2=O)cc1. The molecule has 3 aliphatic rings. The second-order valence-corrected chi connectivity index (χ2v) is 10.7. The predicted octanol–water partition coefficient (Wildman–Crippen LogP) is 3.93. The number of rotatable bonds is 5. The first-order valence-electron chi connectivity index (χ1n) is 12.4. The Morgan fingerprint density at radius 2 is 1.69 bits per heavy atom. The van der Waals surface area contributed by atoms with Crippen LogP contribution in [-0.4, -0.2) is 58.2 Å². The highest BCUT2D eigenvalue weighted by Crippen LogP contribution is 2.35. The first-order valence-corrected chi connectivity index (χ1v) is 13.2. The molecule has 8 heteroatoms. The molecule has 4 heterocycles. The van der Waals surface area contributed by atoms with Crippen molar-refractivity contribution >= 4 is 45.0 Å². The molecule has 0 bridgehead atoms. The van der Waals surface area contributed by atoms with Gasteiger partial charge in [0, 0.05) is 24.6 Å². The fourth-order valence-electron chi connectivity index (χ4n) is 5.52. The Kier molecular flexibility index (Phi) is 5.86. The highest BCUT2D eigenvalue weighted by atomic mass is 32.1. The monoisotopic (exact) mass is 488 g/mol. The quantitative estimate of drug-likeness (QED) is 0.509. The van der Waals surface area contributed by atoms with Crippen LogP contribution in [0, 0.1) is 0 Å². The fourth-order valence-corrected chi connectivity index (χ4v) is 6.66. The summed E-state index contributed by atoms with van der Waals surface area (Å²) in [4.78, 5) is 48.2. The van der Waals surface area contributed by atoms with Gasteiger partial charge >= 0.3 is 0 Å². The van der Waals surface area contributed by atoms with E-state index in [9.17, 15) is 14.4 Å². The molecule has 2 aromatic carbocycles. The maximum atomic E-state index is 13.2. The normalized spacial score (nSPS) is 22.2. The number of hydrogen-bond acceptors (Lipinski definition) is 6. The molecule has 3 saturated heterocycles. The number of amides is 3. The third kappa shape index (κ3) is 4.25. The van der Waals surface area contributed by atoms with Crippen molar-refractivity contribution in [3.05, 3.63) is 59.1 Å². The molecule has 1 aromatic heterocycles. The van der Waals surface area contributed by atoms with Crippen LogP contribution in [0.2, 0.25) is 0 Å². The summed E-state index contributed by atoms with van der Waals surface area (Å²) in [7, 11) is 0. The lowest BCUT2D eigenvalue weighted by molar-refractivity contribution is -0.140. The molecule has 0 radical (unpaired) electrons. The van der Waals surface area contributed by atoms with Gasteiger partial charge in [0.15, 0.2) is 0 Å². The summed E-state index contributed by atoms with van der Waals surface area (Å²) >= 11 is 1.77. The van der Waals surface area contributed by atoms with E-state index in [1.165, 1.54) is 14.6 Å². The number of hydrogen-bond donors (Lipinski definition) is 0. The van der Waals surface area contributed by atoms with Crippen LogP contribution in [0.25, 0.3) is 10.2 Å². The number of likely N-dealkylation sites (tertiary alicyclic amines) is 2. The Labute approximate surface area is 208 Å². The van der Waals surface area contributed by atoms with Gasteiger partial charge in [0.2, 0.25) is 17.7 Å². The van der Waals surface area contributed by atoms with E-state index in [2.05, 4.69) is 17.0 Å². The van der Waals surface area contributed by atoms with Gasteiger partial charge in [0.05, 0.1) is 34.2 Å². The minimum Gasteiger partial charge on any atom is -0.312 e. The number of carbonyl (C=O) groups is 3. The number of thiazole rings is 1. The Morgan fingerprint density at radius 1 is 0.914 bits per heavy atom. The van der Waals surface area contributed by atoms with E-state index in [1.54, 1.807) is 16.2 Å². The largest absolute Gasteiger partial charge is 0.312 e. The fraction of sp³-hybridized carbons (Fsp3) is 0.407. The van der Waals surface area contributed by atoms with Crippen molar-refractivity contribution < 1.29 is 14.4 Å². The summed E-state index contributed by atoms with van der Waals surface area (Å²) < 4.78 is 1.22. The smallest absolute Gasteiger partial charge is 0.247 e. The second-order valence-electron chi connectivity index (χ2n) is 9.68. The van der Waals surface area contributed by atoms with Crippen molar-refractivity contribution in [1.82, 2.24) is 14.8 Å². The van der Waals surface area contributed by atoms with Gasteiger partial charge in [-0.05, 0) is 62.2 Å². The van der Waals surface area contributed by atoms with E-state index in [0.717, 1.165) is 55.7 Å². The molecule has 0 spiro atoms. The van der Waals surface area contributed by atoms with Crippen molar-refractivity contribution in [1.29, 1.82) is 0 Å². The van der Waals surface area contributed by atoms with Crippen LogP contribution < -0.4 is 4.90 Å². The molecule has 0 unspecified atom stereocenters. The Balaban J connectivity index is 1.07. The molecule has 6 rings (SSSR count). The standard InChI is InChI=1S/C27H28N4O3S/c32-24-6-3-13-30(24)20-9-7-18(8-10-20)17-31-25(33)16-22(27(31)34)29-14-11-19(12-15-29)26-28-21-4-1-2-5-23(21)35-26/h1-2,4-5,7-10,19,22H,3,6,11-17H2/t22-/m0/s1. The minimum atomic E-state index is -0.361. The molecule has 0 aliphatic carbocycles. The molecule has 0 N–H and O–H groups in total. The molecule has 3 aromatic rings. The van der Waals surface area contributed by atoms with Crippen molar-refractivity contribution in [3.8, 4) is 0 Å². The van der Waals surface area contributed by atoms with Gasteiger partial charge in [-0.1, -0.05) is 24.3 Å². The summed E-state index contributed by atoms with van der Waals surface area (Å²) in [6.07, 6.45) is 3.64. The van der Waals surface area contributed by atoms with Gasteiger partial charge in [-0.25, -0.2) is 4.98 Å². The van der Waals surface area contributed by atoms with Crippen molar-refractivity contribution in [2.75, 3.05) is 24.5 Å². The van der Waals surface area contributed by atoms with Gasteiger partial charge in [-0.2, -0.15) is 0 Å². The molecule has 1 atom stereocenters. The molecule has 180 valence electrons. The van der Waals surface area contributed by atoms with E-state index in [1.807, 2.05) is 36.4 Å². The van der Waals surface area contributed by atoms with Crippen LogP contribution in [0.3, 0.4) is 0 Å². The number of piperidine rings is 1. The molecule has 7 nitrogen and oxygen atoms in total. The van der Waals surface area contributed by atoms with E-state index in [4.69, 9.17) is 4.98 Å². The van der Waals surface area contributed by atoms with Crippen LogP contribution in [0.1, 0.15) is 48.6 Å². The topological polar surface area (TPSA) is 73.8 Å². The molecular formula is C27H28N4O3S. The van der Waals surface area contributed by atoms with Gasteiger partial charge in [-0.3, -0.25) is 24.2 Å². The Bertz CT molecular complexity index is 1250. The number of carbonyl (C=O) groups excluding carboxylic acids is 3. The second kappa shape index (κ2) is 9.17. The zero-order valence-corrected chi connectivity index (χ0v) is 20.4. The van der Waals surface area contributed by atoms with Crippen molar-refractivity contribution in [3.63, 3.8) is 0 Å². The van der Waals surface area contributed by atoms with E-state index in [0.29, 0.717) is 12.3 Å². The zero-order valence-electron chi connectivity index (χ0n) is 19.6. The van der Waals surface area contributed by atoms with Crippen LogP contribution in [-0.2, 0) is 20.9 Å². The number of imide groups is 1. The summed E-state index contributed by atoms with van der Waals surface area (Å²) in [6, 6.07) is 15.5. The third-order valence-corrected chi connectivity index (χ3v) is 8.71. The number of fused-ring (bicyclic) bond motifs is 1. The van der Waals surface area contributed by atoms with Crippen molar-refractivity contribution in [2.45, 2.75) is 50.6 Å². The minimum absolute atomic E-state index is 0.0905. The number of para-hydroxylation sites is 1. The summed E-state index contributed by atoms with van der Waals surface area (Å²) in [5.41, 5.74) is 2.84. The lowest BCUT2D eigenvalue weighted by atomic mass is 9.96. The van der Waals surface area contributed by atoms with E-state index in [-0.39, 0.29) is 36.7 Å². The Hall–Kier alpha value is -3.10. The molecule has 3 aliphatic heterocycles. The van der Waals surface area contributed by atoms with Gasteiger partial charge in [0.1, 0.15) is 0 Å². The van der Waals surface area contributed by atoms with Crippen LogP contribution in [0.15, 0.2) is 48.5 Å². The Morgan fingerprint density at radius 3 is 2.40 bits per heavy atom. The van der Waals surface area contributed by atoms with Gasteiger partial charge in [0.25, 0.3) is 0 Å². The van der Waals surface area contributed by atoms with Gasteiger partial charge in [-0.15, -0.1) is 11.3 Å². The first-order chi connectivity index (χ1) is 17.1. The highest BCUT2D eigenvalue weighted by molar-refractivity contribution is 7.18. The maximum Gasteiger partial charge on any atom is 0.247 e. The predicted molar refractivity (Wildman–Crippen MR) is 135 cm³/mol. The number of benzene rings is 2. The third-order valence-electron chi connectivity index (χ3n) is 7.51. The highest BCUT2D eigenvalue weighted by Gasteiger charge is 2.43. The van der Waals surface area contributed by atoms with Crippen molar-refractivity contribution in [2.24, 2.45) is 0 Å². The molecule has 0 saturated carbocycles.